The maximum atomic E-state index is 12.0. The second-order valence-electron chi connectivity index (χ2n) is 4.06. The molecule has 0 aliphatic carbocycles. The number of rotatable bonds is 1. The number of fused-ring (bicyclic) bond motifs is 1. The van der Waals surface area contributed by atoms with E-state index in [4.69, 9.17) is 4.74 Å². The lowest BCUT2D eigenvalue weighted by atomic mass is 10.1. The standard InChI is InChI=1S/C12H13NO2/c14-12-11(9-5-2-1-3-6-9)15-10-7-4-8-13(10)12/h1-3,5-6,10-11H,4,7-8H2/t10-,11+/m0/s1. The molecule has 15 heavy (non-hydrogen) atoms. The van der Waals surface area contributed by atoms with Gasteiger partial charge >= 0.3 is 0 Å². The first kappa shape index (κ1) is 8.92. The van der Waals surface area contributed by atoms with Crippen LogP contribution in [0.15, 0.2) is 30.3 Å². The third-order valence-electron chi connectivity index (χ3n) is 3.10. The SMILES string of the molecule is O=C1[C@@H](c2ccccc2)O[C@H]2CCCN12. The fourth-order valence-electron chi connectivity index (χ4n) is 2.34. The largest absolute Gasteiger partial charge is 0.340 e. The number of hydrogen-bond donors (Lipinski definition) is 0. The van der Waals surface area contributed by atoms with Gasteiger partial charge in [0.1, 0.15) is 6.23 Å². The minimum Gasteiger partial charge on any atom is -0.340 e. The molecule has 2 heterocycles. The van der Waals surface area contributed by atoms with Crippen molar-refractivity contribution in [1.82, 2.24) is 4.90 Å². The van der Waals surface area contributed by atoms with Gasteiger partial charge in [-0.3, -0.25) is 4.79 Å². The van der Waals surface area contributed by atoms with E-state index < -0.39 is 0 Å². The first-order valence-electron chi connectivity index (χ1n) is 5.37. The summed E-state index contributed by atoms with van der Waals surface area (Å²) < 4.78 is 5.76. The van der Waals surface area contributed by atoms with E-state index in [0.717, 1.165) is 24.9 Å². The summed E-state index contributed by atoms with van der Waals surface area (Å²) in [6.45, 7) is 0.854. The Bertz CT molecular complexity index is 376. The molecule has 0 unspecified atom stereocenters. The molecule has 0 N–H and O–H groups in total. The van der Waals surface area contributed by atoms with E-state index in [-0.39, 0.29) is 18.2 Å². The summed E-state index contributed by atoms with van der Waals surface area (Å²) in [5, 5.41) is 0. The van der Waals surface area contributed by atoms with Gasteiger partial charge in [0.05, 0.1) is 0 Å². The van der Waals surface area contributed by atoms with Gasteiger partial charge < -0.3 is 9.64 Å². The summed E-state index contributed by atoms with van der Waals surface area (Å²) in [6, 6.07) is 9.73. The summed E-state index contributed by atoms with van der Waals surface area (Å²) in [7, 11) is 0. The third kappa shape index (κ3) is 1.35. The molecule has 1 aromatic carbocycles. The second kappa shape index (κ2) is 3.35. The molecule has 0 bridgehead atoms. The Kier molecular flexibility index (Phi) is 1.99. The maximum Gasteiger partial charge on any atom is 0.258 e. The fraction of sp³-hybridized carbons (Fsp3) is 0.417. The van der Waals surface area contributed by atoms with Gasteiger partial charge in [-0.25, -0.2) is 0 Å². The zero-order valence-corrected chi connectivity index (χ0v) is 8.43. The molecule has 0 aromatic heterocycles. The summed E-state index contributed by atoms with van der Waals surface area (Å²) in [5.41, 5.74) is 0.969. The Balaban J connectivity index is 1.88. The highest BCUT2D eigenvalue weighted by Crippen LogP contribution is 2.35. The van der Waals surface area contributed by atoms with Crippen molar-refractivity contribution in [3.05, 3.63) is 35.9 Å². The first-order chi connectivity index (χ1) is 7.36. The van der Waals surface area contributed by atoms with Crippen LogP contribution in [0.4, 0.5) is 0 Å². The predicted molar refractivity (Wildman–Crippen MR) is 55.0 cm³/mol. The van der Waals surface area contributed by atoms with E-state index in [2.05, 4.69) is 0 Å². The molecule has 2 aliphatic rings. The third-order valence-corrected chi connectivity index (χ3v) is 3.10. The normalized spacial score (nSPS) is 29.6. The minimum atomic E-state index is -0.364. The van der Waals surface area contributed by atoms with Crippen LogP contribution in [-0.4, -0.2) is 23.6 Å². The lowest BCUT2D eigenvalue weighted by molar-refractivity contribution is -0.130. The Morgan fingerprint density at radius 3 is 2.80 bits per heavy atom. The molecule has 3 heteroatoms. The lowest BCUT2D eigenvalue weighted by Crippen LogP contribution is -2.28. The van der Waals surface area contributed by atoms with Gasteiger partial charge in [-0.2, -0.15) is 0 Å². The molecule has 0 radical (unpaired) electrons. The molecule has 0 spiro atoms. The summed E-state index contributed by atoms with van der Waals surface area (Å²) in [4.78, 5) is 13.8. The highest BCUT2D eigenvalue weighted by atomic mass is 16.5. The number of amides is 1. The predicted octanol–water partition coefficient (Wildman–Crippen LogP) is 1.71. The average molecular weight is 203 g/mol. The maximum absolute atomic E-state index is 12.0. The molecular weight excluding hydrogens is 190 g/mol. The van der Waals surface area contributed by atoms with Crippen LogP contribution in [0.5, 0.6) is 0 Å². The molecule has 2 atom stereocenters. The van der Waals surface area contributed by atoms with Crippen molar-refractivity contribution >= 4 is 5.91 Å². The molecule has 1 aromatic rings. The molecule has 78 valence electrons. The van der Waals surface area contributed by atoms with Crippen molar-refractivity contribution in [1.29, 1.82) is 0 Å². The van der Waals surface area contributed by atoms with Crippen molar-refractivity contribution in [2.45, 2.75) is 25.2 Å². The van der Waals surface area contributed by atoms with Crippen molar-refractivity contribution in [2.75, 3.05) is 6.54 Å². The van der Waals surface area contributed by atoms with Crippen molar-refractivity contribution < 1.29 is 9.53 Å². The highest BCUT2D eigenvalue weighted by molar-refractivity contribution is 5.84. The molecule has 0 saturated carbocycles. The van der Waals surface area contributed by atoms with Crippen LogP contribution in [0.1, 0.15) is 24.5 Å². The molecule has 2 saturated heterocycles. The van der Waals surface area contributed by atoms with Crippen LogP contribution in [0.3, 0.4) is 0 Å². The van der Waals surface area contributed by atoms with E-state index in [0.29, 0.717) is 0 Å². The second-order valence-corrected chi connectivity index (χ2v) is 4.06. The molecule has 1 amide bonds. The monoisotopic (exact) mass is 203 g/mol. The zero-order valence-electron chi connectivity index (χ0n) is 8.43. The van der Waals surface area contributed by atoms with Gasteiger partial charge in [0.2, 0.25) is 0 Å². The topological polar surface area (TPSA) is 29.5 Å². The zero-order chi connectivity index (χ0) is 10.3. The molecule has 2 fully saturated rings. The van der Waals surface area contributed by atoms with Gasteiger partial charge in [0.25, 0.3) is 5.91 Å². The fourth-order valence-corrected chi connectivity index (χ4v) is 2.34. The van der Waals surface area contributed by atoms with Crippen LogP contribution in [-0.2, 0) is 9.53 Å². The van der Waals surface area contributed by atoms with Gasteiger partial charge in [-0.15, -0.1) is 0 Å². The smallest absolute Gasteiger partial charge is 0.258 e. The first-order valence-corrected chi connectivity index (χ1v) is 5.37. The average Bonchev–Trinajstić information content (AvgIpc) is 2.83. The van der Waals surface area contributed by atoms with Crippen molar-refractivity contribution in [3.63, 3.8) is 0 Å². The molecular formula is C12H13NO2. The Labute approximate surface area is 88.6 Å². The van der Waals surface area contributed by atoms with E-state index in [9.17, 15) is 4.79 Å². The molecule has 3 rings (SSSR count). The van der Waals surface area contributed by atoms with Gasteiger partial charge in [-0.05, 0) is 18.4 Å². The summed E-state index contributed by atoms with van der Waals surface area (Å²) in [6.07, 6.45) is 1.71. The number of ether oxygens (including phenoxy) is 1. The van der Waals surface area contributed by atoms with E-state index in [1.54, 1.807) is 0 Å². The Morgan fingerprint density at radius 1 is 1.27 bits per heavy atom. The van der Waals surface area contributed by atoms with Crippen LogP contribution >= 0.6 is 0 Å². The quantitative estimate of drug-likeness (QED) is 0.695. The summed E-state index contributed by atoms with van der Waals surface area (Å²) in [5.74, 6) is 0.128. The minimum absolute atomic E-state index is 0.0303. The van der Waals surface area contributed by atoms with Gasteiger partial charge in [-0.1, -0.05) is 30.3 Å². The Hall–Kier alpha value is -1.35. The van der Waals surface area contributed by atoms with Crippen LogP contribution in [0, 0.1) is 0 Å². The van der Waals surface area contributed by atoms with Crippen molar-refractivity contribution in [3.8, 4) is 0 Å². The number of benzene rings is 1. The van der Waals surface area contributed by atoms with Gasteiger partial charge in [0.15, 0.2) is 6.10 Å². The van der Waals surface area contributed by atoms with Crippen LogP contribution in [0.25, 0.3) is 0 Å². The molecule has 2 aliphatic heterocycles. The van der Waals surface area contributed by atoms with E-state index in [1.165, 1.54) is 0 Å². The van der Waals surface area contributed by atoms with Crippen molar-refractivity contribution in [2.24, 2.45) is 0 Å². The number of nitrogens with zero attached hydrogens (tertiary/aromatic N) is 1. The van der Waals surface area contributed by atoms with Gasteiger partial charge in [0, 0.05) is 6.54 Å². The lowest BCUT2D eigenvalue weighted by Gasteiger charge is -2.11. The van der Waals surface area contributed by atoms with E-state index in [1.807, 2.05) is 35.2 Å². The number of carbonyl (C=O) groups excluding carboxylic acids is 1. The Morgan fingerprint density at radius 2 is 2.07 bits per heavy atom. The molecule has 3 nitrogen and oxygen atoms in total. The van der Waals surface area contributed by atoms with E-state index >= 15 is 0 Å². The number of hydrogen-bond acceptors (Lipinski definition) is 2. The highest BCUT2D eigenvalue weighted by Gasteiger charge is 2.43. The summed E-state index contributed by atoms with van der Waals surface area (Å²) >= 11 is 0. The van der Waals surface area contributed by atoms with Crippen LogP contribution in [0.2, 0.25) is 0 Å². The number of carbonyl (C=O) groups is 1. The van der Waals surface area contributed by atoms with Crippen LogP contribution < -0.4 is 0 Å².